The SMILES string of the molecule is C[C@@H]1c2nnc(-c3ccn(C4CC4)n3)n2CCN1C(=O)c1ccc(F)c(F)c1. The molecule has 1 aliphatic carbocycles. The average molecular weight is 384 g/mol. The topological polar surface area (TPSA) is 68.8 Å². The summed E-state index contributed by atoms with van der Waals surface area (Å²) < 4.78 is 30.6. The Kier molecular flexibility index (Phi) is 3.78. The zero-order valence-corrected chi connectivity index (χ0v) is 15.2. The highest BCUT2D eigenvalue weighted by molar-refractivity contribution is 5.94. The van der Waals surface area contributed by atoms with Gasteiger partial charge in [0, 0.05) is 24.8 Å². The molecule has 9 heteroatoms. The van der Waals surface area contributed by atoms with Gasteiger partial charge in [-0.25, -0.2) is 8.78 Å². The predicted molar refractivity (Wildman–Crippen MR) is 95.3 cm³/mol. The van der Waals surface area contributed by atoms with E-state index in [0.29, 0.717) is 30.8 Å². The van der Waals surface area contributed by atoms with E-state index >= 15 is 0 Å². The Morgan fingerprint density at radius 2 is 1.93 bits per heavy atom. The van der Waals surface area contributed by atoms with Crippen molar-refractivity contribution in [3.05, 3.63) is 53.5 Å². The molecule has 2 aromatic heterocycles. The van der Waals surface area contributed by atoms with Gasteiger partial charge in [-0.15, -0.1) is 10.2 Å². The van der Waals surface area contributed by atoms with Crippen molar-refractivity contribution in [3.63, 3.8) is 0 Å². The molecule has 1 amide bonds. The molecule has 1 fully saturated rings. The molecule has 0 saturated heterocycles. The number of hydrogen-bond donors (Lipinski definition) is 0. The zero-order chi connectivity index (χ0) is 19.4. The molecule has 0 radical (unpaired) electrons. The van der Waals surface area contributed by atoms with Gasteiger partial charge in [-0.1, -0.05) is 0 Å². The van der Waals surface area contributed by atoms with Gasteiger partial charge in [-0.3, -0.25) is 9.48 Å². The van der Waals surface area contributed by atoms with Crippen LogP contribution in [0.25, 0.3) is 11.5 Å². The lowest BCUT2D eigenvalue weighted by Crippen LogP contribution is -2.41. The second kappa shape index (κ2) is 6.22. The summed E-state index contributed by atoms with van der Waals surface area (Å²) in [7, 11) is 0. The minimum atomic E-state index is -1.03. The molecule has 28 heavy (non-hydrogen) atoms. The first-order valence-corrected chi connectivity index (χ1v) is 9.27. The van der Waals surface area contributed by atoms with Gasteiger partial charge in [0.15, 0.2) is 23.3 Å². The van der Waals surface area contributed by atoms with Crippen LogP contribution in [0, 0.1) is 11.6 Å². The Morgan fingerprint density at radius 3 is 2.68 bits per heavy atom. The van der Waals surface area contributed by atoms with Crippen molar-refractivity contribution in [2.45, 2.75) is 38.4 Å². The highest BCUT2D eigenvalue weighted by atomic mass is 19.2. The van der Waals surface area contributed by atoms with Gasteiger partial charge >= 0.3 is 0 Å². The van der Waals surface area contributed by atoms with E-state index in [1.165, 1.54) is 6.07 Å². The molecule has 5 rings (SSSR count). The molecule has 7 nitrogen and oxygen atoms in total. The molecule has 0 spiro atoms. The first kappa shape index (κ1) is 17.0. The van der Waals surface area contributed by atoms with E-state index in [4.69, 9.17) is 0 Å². The summed E-state index contributed by atoms with van der Waals surface area (Å²) in [4.78, 5) is 14.4. The Balaban J connectivity index is 1.42. The van der Waals surface area contributed by atoms with Crippen LogP contribution in [0.4, 0.5) is 8.78 Å². The highest BCUT2D eigenvalue weighted by Gasteiger charge is 2.33. The lowest BCUT2D eigenvalue weighted by molar-refractivity contribution is 0.0638. The maximum absolute atomic E-state index is 13.5. The fourth-order valence-corrected chi connectivity index (χ4v) is 3.65. The first-order valence-electron chi connectivity index (χ1n) is 9.27. The van der Waals surface area contributed by atoms with Crippen LogP contribution in [-0.2, 0) is 6.54 Å². The van der Waals surface area contributed by atoms with E-state index in [9.17, 15) is 13.6 Å². The molecule has 0 N–H and O–H groups in total. The average Bonchev–Trinajstić information content (AvgIpc) is 3.25. The summed E-state index contributed by atoms with van der Waals surface area (Å²) in [6, 6.07) is 5.26. The third kappa shape index (κ3) is 2.69. The van der Waals surface area contributed by atoms with Gasteiger partial charge in [0.2, 0.25) is 0 Å². The number of benzene rings is 1. The zero-order valence-electron chi connectivity index (χ0n) is 15.2. The minimum absolute atomic E-state index is 0.113. The van der Waals surface area contributed by atoms with E-state index in [-0.39, 0.29) is 17.5 Å². The van der Waals surface area contributed by atoms with Crippen LogP contribution in [0.2, 0.25) is 0 Å². The Bertz CT molecular complexity index is 1070. The van der Waals surface area contributed by atoms with Crippen LogP contribution in [0.3, 0.4) is 0 Å². The molecule has 1 aromatic carbocycles. The quantitative estimate of drug-likeness (QED) is 0.696. The predicted octanol–water partition coefficient (Wildman–Crippen LogP) is 2.97. The van der Waals surface area contributed by atoms with Gasteiger partial charge in [0.1, 0.15) is 5.69 Å². The number of rotatable bonds is 3. The van der Waals surface area contributed by atoms with Crippen molar-refractivity contribution >= 4 is 5.91 Å². The van der Waals surface area contributed by atoms with Crippen LogP contribution in [0.5, 0.6) is 0 Å². The Morgan fingerprint density at radius 1 is 1.11 bits per heavy atom. The molecule has 3 heterocycles. The fraction of sp³-hybridized carbons (Fsp3) is 0.368. The number of fused-ring (bicyclic) bond motifs is 1. The van der Waals surface area contributed by atoms with Gasteiger partial charge in [-0.05, 0) is 44.0 Å². The van der Waals surface area contributed by atoms with Crippen LogP contribution in [0.1, 0.15) is 48.0 Å². The molecule has 0 bridgehead atoms. The molecule has 3 aromatic rings. The van der Waals surface area contributed by atoms with Crippen LogP contribution in [-0.4, -0.2) is 41.9 Å². The summed E-state index contributed by atoms with van der Waals surface area (Å²) in [5.74, 6) is -1.04. The normalized spacial score (nSPS) is 19.0. The molecule has 1 saturated carbocycles. The van der Waals surface area contributed by atoms with E-state index in [1.807, 2.05) is 28.4 Å². The van der Waals surface area contributed by atoms with Crippen molar-refractivity contribution in [3.8, 4) is 11.5 Å². The van der Waals surface area contributed by atoms with E-state index in [2.05, 4.69) is 15.3 Å². The first-order chi connectivity index (χ1) is 13.5. The number of halogens is 2. The number of aromatic nitrogens is 5. The minimum Gasteiger partial charge on any atom is -0.327 e. The third-order valence-electron chi connectivity index (χ3n) is 5.37. The van der Waals surface area contributed by atoms with E-state index < -0.39 is 11.6 Å². The largest absolute Gasteiger partial charge is 0.327 e. The summed E-state index contributed by atoms with van der Waals surface area (Å²) in [6.07, 6.45) is 4.26. The van der Waals surface area contributed by atoms with Gasteiger partial charge in [0.25, 0.3) is 5.91 Å². The second-order valence-electron chi connectivity index (χ2n) is 7.25. The molecule has 144 valence electrons. The summed E-state index contributed by atoms with van der Waals surface area (Å²) in [5, 5.41) is 13.2. The second-order valence-corrected chi connectivity index (χ2v) is 7.25. The summed E-state index contributed by atoms with van der Waals surface area (Å²) >= 11 is 0. The molecule has 1 atom stereocenters. The standard InChI is InChI=1S/C19H18F2N6O/c1-11-17-22-23-18(16-6-7-27(24-16)13-3-4-13)26(17)9-8-25(11)19(28)12-2-5-14(20)15(21)10-12/h2,5-7,10-11,13H,3-4,8-9H2,1H3/t11-/m1/s1. The Labute approximate surface area is 159 Å². The van der Waals surface area contributed by atoms with Gasteiger partial charge in [-0.2, -0.15) is 5.10 Å². The molecular weight excluding hydrogens is 366 g/mol. The summed E-state index contributed by atoms with van der Waals surface area (Å²) in [6.45, 7) is 2.78. The van der Waals surface area contributed by atoms with Crippen LogP contribution in [0.15, 0.2) is 30.5 Å². The fourth-order valence-electron chi connectivity index (χ4n) is 3.65. The third-order valence-corrected chi connectivity index (χ3v) is 5.37. The number of hydrogen-bond acceptors (Lipinski definition) is 4. The van der Waals surface area contributed by atoms with Gasteiger partial charge < -0.3 is 9.47 Å². The molecule has 0 unspecified atom stereocenters. The van der Waals surface area contributed by atoms with E-state index in [0.717, 1.165) is 30.7 Å². The maximum Gasteiger partial charge on any atom is 0.254 e. The van der Waals surface area contributed by atoms with Crippen molar-refractivity contribution in [1.82, 2.24) is 29.4 Å². The lowest BCUT2D eigenvalue weighted by atomic mass is 10.1. The van der Waals surface area contributed by atoms with Crippen molar-refractivity contribution < 1.29 is 13.6 Å². The van der Waals surface area contributed by atoms with Gasteiger partial charge in [0.05, 0.1) is 12.1 Å². The Hall–Kier alpha value is -3.10. The number of amides is 1. The van der Waals surface area contributed by atoms with Crippen LogP contribution < -0.4 is 0 Å². The smallest absolute Gasteiger partial charge is 0.254 e. The number of carbonyl (C=O) groups is 1. The van der Waals surface area contributed by atoms with Crippen molar-refractivity contribution in [2.75, 3.05) is 6.54 Å². The summed E-state index contributed by atoms with van der Waals surface area (Å²) in [5.41, 5.74) is 0.875. The molecule has 1 aliphatic heterocycles. The van der Waals surface area contributed by atoms with E-state index in [1.54, 1.807) is 4.90 Å². The molecule has 2 aliphatic rings. The number of carbonyl (C=O) groups excluding carboxylic acids is 1. The lowest BCUT2D eigenvalue weighted by Gasteiger charge is -2.33. The molecular formula is C19H18F2N6O. The monoisotopic (exact) mass is 384 g/mol. The van der Waals surface area contributed by atoms with Crippen molar-refractivity contribution in [2.24, 2.45) is 0 Å². The maximum atomic E-state index is 13.5. The van der Waals surface area contributed by atoms with Crippen molar-refractivity contribution in [1.29, 1.82) is 0 Å². The number of nitrogens with zero attached hydrogens (tertiary/aromatic N) is 6. The highest BCUT2D eigenvalue weighted by Crippen LogP contribution is 2.35. The van der Waals surface area contributed by atoms with Crippen LogP contribution >= 0.6 is 0 Å².